The number of aryl methyl sites for hydroxylation is 2. The number of aromatic nitrogens is 5. The van der Waals surface area contributed by atoms with Gasteiger partial charge in [-0.25, -0.2) is 13.5 Å². The fourth-order valence-electron chi connectivity index (χ4n) is 5.57. The van der Waals surface area contributed by atoms with Crippen LogP contribution in [0.25, 0.3) is 0 Å². The van der Waals surface area contributed by atoms with E-state index in [1.165, 1.54) is 18.9 Å². The summed E-state index contributed by atoms with van der Waals surface area (Å²) in [4.78, 5) is 9.08. The molecule has 3 aromatic rings. The maximum atomic E-state index is 13.8. The fraction of sp³-hybridized carbons (Fsp3) is 0.478. The Labute approximate surface area is 190 Å². The Balaban J connectivity index is 1.21. The average Bonchev–Trinajstić information content (AvgIpc) is 3.31. The third-order valence-electron chi connectivity index (χ3n) is 7.12. The standard InChI is InChI=1S/C23H26F2N8/c1-14-9-18(11-26-29-14)31-12-15-3-4-16(13-31)21(15)27-22-28-23-32(7-2-8-33(23)30-22)17-5-6-19(24)20(25)10-17/h5-6,9-11,15-16,21H,2-4,7-8,12-13H2,1H3,(H,27,30)/t15-,16+,21?. The van der Waals surface area contributed by atoms with E-state index in [2.05, 4.69) is 26.5 Å². The summed E-state index contributed by atoms with van der Waals surface area (Å²) in [6, 6.07) is 6.38. The smallest absolute Gasteiger partial charge is 0.244 e. The van der Waals surface area contributed by atoms with E-state index in [0.717, 1.165) is 43.5 Å². The van der Waals surface area contributed by atoms with Crippen molar-refractivity contribution in [3.05, 3.63) is 47.8 Å². The van der Waals surface area contributed by atoms with Gasteiger partial charge in [0, 0.05) is 44.0 Å². The van der Waals surface area contributed by atoms with Crippen LogP contribution in [0.1, 0.15) is 25.0 Å². The number of piperidine rings is 1. The second-order valence-electron chi connectivity index (χ2n) is 9.29. The van der Waals surface area contributed by atoms with E-state index in [4.69, 9.17) is 10.1 Å². The zero-order valence-electron chi connectivity index (χ0n) is 18.5. The highest BCUT2D eigenvalue weighted by molar-refractivity contribution is 5.59. The van der Waals surface area contributed by atoms with Crippen LogP contribution >= 0.6 is 0 Å². The topological polar surface area (TPSA) is 75.0 Å². The van der Waals surface area contributed by atoms with Crippen molar-refractivity contribution in [3.8, 4) is 0 Å². The predicted octanol–water partition coefficient (Wildman–Crippen LogP) is 3.52. The molecule has 1 saturated heterocycles. The molecule has 0 spiro atoms. The molecule has 8 nitrogen and oxygen atoms in total. The van der Waals surface area contributed by atoms with Crippen LogP contribution in [-0.4, -0.2) is 50.6 Å². The average molecular weight is 453 g/mol. The van der Waals surface area contributed by atoms with Crippen LogP contribution in [0, 0.1) is 30.4 Å². The molecule has 2 aromatic heterocycles. The predicted molar refractivity (Wildman–Crippen MR) is 121 cm³/mol. The Morgan fingerprint density at radius 2 is 1.82 bits per heavy atom. The molecule has 1 saturated carbocycles. The van der Waals surface area contributed by atoms with E-state index in [9.17, 15) is 8.78 Å². The molecule has 3 atom stereocenters. The summed E-state index contributed by atoms with van der Waals surface area (Å²) in [5.74, 6) is 0.568. The number of anilines is 4. The molecule has 4 heterocycles. The monoisotopic (exact) mass is 452 g/mol. The molecule has 33 heavy (non-hydrogen) atoms. The molecular weight excluding hydrogens is 426 g/mol. The van der Waals surface area contributed by atoms with Crippen molar-refractivity contribution in [1.82, 2.24) is 25.0 Å². The van der Waals surface area contributed by atoms with Gasteiger partial charge in [-0.15, -0.1) is 5.10 Å². The van der Waals surface area contributed by atoms with Gasteiger partial charge < -0.3 is 15.1 Å². The zero-order chi connectivity index (χ0) is 22.5. The molecular formula is C23H26F2N8. The molecule has 0 amide bonds. The first-order valence-corrected chi connectivity index (χ1v) is 11.5. The lowest BCUT2D eigenvalue weighted by atomic mass is 9.92. The fourth-order valence-corrected chi connectivity index (χ4v) is 5.57. The van der Waals surface area contributed by atoms with Gasteiger partial charge in [0.2, 0.25) is 11.9 Å². The molecule has 1 aliphatic carbocycles. The van der Waals surface area contributed by atoms with Crippen LogP contribution in [0.4, 0.5) is 32.1 Å². The lowest BCUT2D eigenvalue weighted by Crippen LogP contribution is -2.48. The molecule has 1 unspecified atom stereocenters. The number of hydrogen-bond donors (Lipinski definition) is 1. The van der Waals surface area contributed by atoms with E-state index < -0.39 is 11.6 Å². The van der Waals surface area contributed by atoms with Crippen molar-refractivity contribution in [2.24, 2.45) is 11.8 Å². The van der Waals surface area contributed by atoms with E-state index in [1.807, 2.05) is 22.7 Å². The zero-order valence-corrected chi connectivity index (χ0v) is 18.5. The maximum Gasteiger partial charge on any atom is 0.244 e. The van der Waals surface area contributed by atoms with Crippen molar-refractivity contribution in [3.63, 3.8) is 0 Å². The van der Waals surface area contributed by atoms with Gasteiger partial charge >= 0.3 is 0 Å². The van der Waals surface area contributed by atoms with Crippen molar-refractivity contribution in [1.29, 1.82) is 0 Å². The minimum Gasteiger partial charge on any atom is -0.369 e. The highest BCUT2D eigenvalue weighted by Crippen LogP contribution is 2.40. The third kappa shape index (κ3) is 3.67. The summed E-state index contributed by atoms with van der Waals surface area (Å²) in [5.41, 5.74) is 2.65. The second-order valence-corrected chi connectivity index (χ2v) is 9.29. The van der Waals surface area contributed by atoms with E-state index in [-0.39, 0.29) is 0 Å². The van der Waals surface area contributed by atoms with Crippen molar-refractivity contribution >= 4 is 23.3 Å². The lowest BCUT2D eigenvalue weighted by Gasteiger charge is -2.39. The first-order chi connectivity index (χ1) is 16.0. The number of benzene rings is 1. The summed E-state index contributed by atoms with van der Waals surface area (Å²) >= 11 is 0. The highest BCUT2D eigenvalue weighted by atomic mass is 19.2. The van der Waals surface area contributed by atoms with Crippen molar-refractivity contribution in [2.45, 2.75) is 38.8 Å². The molecule has 1 aromatic carbocycles. The van der Waals surface area contributed by atoms with Crippen LogP contribution in [0.2, 0.25) is 0 Å². The summed E-state index contributed by atoms with van der Waals surface area (Å²) in [6.07, 6.45) is 5.05. The summed E-state index contributed by atoms with van der Waals surface area (Å²) in [5, 5.41) is 16.5. The first-order valence-electron chi connectivity index (χ1n) is 11.5. The van der Waals surface area contributed by atoms with Gasteiger partial charge in [-0.3, -0.25) is 0 Å². The lowest BCUT2D eigenvalue weighted by molar-refractivity contribution is 0.376. The van der Waals surface area contributed by atoms with Crippen LogP contribution in [0.3, 0.4) is 0 Å². The Bertz CT molecular complexity index is 1170. The highest BCUT2D eigenvalue weighted by Gasteiger charge is 2.43. The molecule has 0 radical (unpaired) electrons. The largest absolute Gasteiger partial charge is 0.369 e. The van der Waals surface area contributed by atoms with Gasteiger partial charge in [0.1, 0.15) is 0 Å². The van der Waals surface area contributed by atoms with Gasteiger partial charge in [-0.05, 0) is 56.2 Å². The number of fused-ring (bicyclic) bond motifs is 3. The Hall–Kier alpha value is -3.30. The summed E-state index contributed by atoms with van der Waals surface area (Å²) < 4.78 is 29.1. The quantitative estimate of drug-likeness (QED) is 0.649. The molecule has 2 fully saturated rings. The van der Waals surface area contributed by atoms with Gasteiger partial charge in [-0.2, -0.15) is 15.2 Å². The molecule has 10 heteroatoms. The van der Waals surface area contributed by atoms with Gasteiger partial charge in [-0.1, -0.05) is 0 Å². The number of rotatable bonds is 4. The Morgan fingerprint density at radius 3 is 2.58 bits per heavy atom. The first kappa shape index (κ1) is 20.3. The molecule has 6 rings (SSSR count). The normalized spacial score (nSPS) is 24.2. The van der Waals surface area contributed by atoms with E-state index >= 15 is 0 Å². The number of nitrogens with one attached hydrogen (secondary N) is 1. The molecule has 2 aliphatic heterocycles. The minimum atomic E-state index is -0.856. The Morgan fingerprint density at radius 1 is 1.00 bits per heavy atom. The molecule has 3 aliphatic rings. The third-order valence-corrected chi connectivity index (χ3v) is 7.12. The van der Waals surface area contributed by atoms with E-state index in [1.54, 1.807) is 6.07 Å². The van der Waals surface area contributed by atoms with Crippen molar-refractivity contribution in [2.75, 3.05) is 34.8 Å². The second kappa shape index (κ2) is 7.93. The number of nitrogens with zero attached hydrogens (tertiary/aromatic N) is 7. The van der Waals surface area contributed by atoms with Gasteiger partial charge in [0.15, 0.2) is 11.6 Å². The summed E-state index contributed by atoms with van der Waals surface area (Å²) in [6.45, 7) is 5.34. The van der Waals surface area contributed by atoms with Crippen LogP contribution in [0.15, 0.2) is 30.5 Å². The number of halogens is 2. The van der Waals surface area contributed by atoms with Crippen molar-refractivity contribution < 1.29 is 8.78 Å². The molecule has 172 valence electrons. The Kier molecular flexibility index (Phi) is 4.88. The van der Waals surface area contributed by atoms with E-state index in [0.29, 0.717) is 42.0 Å². The minimum absolute atomic E-state index is 0.318. The maximum absolute atomic E-state index is 13.8. The van der Waals surface area contributed by atoms with Crippen LogP contribution < -0.4 is 15.1 Å². The van der Waals surface area contributed by atoms with Gasteiger partial charge in [0.25, 0.3) is 0 Å². The summed E-state index contributed by atoms with van der Waals surface area (Å²) in [7, 11) is 0. The number of hydrogen-bond acceptors (Lipinski definition) is 7. The van der Waals surface area contributed by atoms with Gasteiger partial charge in [0.05, 0.1) is 17.6 Å². The van der Waals surface area contributed by atoms with Crippen LogP contribution in [0.5, 0.6) is 0 Å². The molecule has 2 bridgehead atoms. The SMILES string of the molecule is Cc1cc(N2C[C@H]3CC[C@@H](C2)C3Nc2nc3n(n2)CCCN3c2ccc(F)c(F)c2)cnn1. The van der Waals surface area contributed by atoms with Crippen LogP contribution in [-0.2, 0) is 6.54 Å². The molecule has 1 N–H and O–H groups in total.